The van der Waals surface area contributed by atoms with Gasteiger partial charge in [0.15, 0.2) is 0 Å². The van der Waals surface area contributed by atoms with E-state index in [-0.39, 0.29) is 23.6 Å². The molecule has 1 aromatic rings. The number of ether oxygens (including phenoxy) is 1. The number of pyridine rings is 1. The number of likely N-dealkylation sites (N-methyl/N-ethyl adjacent to an activating group) is 1. The van der Waals surface area contributed by atoms with Crippen LogP contribution < -0.4 is 10.6 Å². The van der Waals surface area contributed by atoms with Crippen LogP contribution in [0.5, 0.6) is 0 Å². The Balaban J connectivity index is 3.04. The first-order valence-corrected chi connectivity index (χ1v) is 6.67. The number of esters is 1. The number of aromatic nitrogens is 1. The summed E-state index contributed by atoms with van der Waals surface area (Å²) in [6.45, 7) is 0.778. The summed E-state index contributed by atoms with van der Waals surface area (Å²) in [6.07, 6.45) is 0. The molecule has 0 fully saturated rings. The summed E-state index contributed by atoms with van der Waals surface area (Å²) in [7, 11) is 6.58. The molecule has 0 aliphatic carbocycles. The Labute approximate surface area is 128 Å². The molecular formula is C14H20N4O4. The van der Waals surface area contributed by atoms with Crippen molar-refractivity contribution >= 4 is 17.8 Å². The Bertz CT molecular complexity index is 538. The summed E-state index contributed by atoms with van der Waals surface area (Å²) in [6, 6.07) is 2.59. The number of carbonyl (C=O) groups excluding carboxylic acids is 3. The lowest BCUT2D eigenvalue weighted by atomic mass is 10.1. The Hall–Kier alpha value is -2.48. The molecule has 0 atom stereocenters. The predicted molar refractivity (Wildman–Crippen MR) is 79.9 cm³/mol. The van der Waals surface area contributed by atoms with Crippen LogP contribution in [0.15, 0.2) is 12.1 Å². The van der Waals surface area contributed by atoms with Gasteiger partial charge in [-0.2, -0.15) is 0 Å². The molecule has 120 valence electrons. The van der Waals surface area contributed by atoms with Crippen LogP contribution in [0.25, 0.3) is 0 Å². The molecule has 8 nitrogen and oxygen atoms in total. The third-order valence-electron chi connectivity index (χ3n) is 2.75. The van der Waals surface area contributed by atoms with Crippen LogP contribution in [0.4, 0.5) is 0 Å². The van der Waals surface area contributed by atoms with Crippen molar-refractivity contribution in [3.05, 3.63) is 29.1 Å². The van der Waals surface area contributed by atoms with Crippen molar-refractivity contribution in [2.24, 2.45) is 0 Å². The summed E-state index contributed by atoms with van der Waals surface area (Å²) in [5.41, 5.74) is 0.0530. The topological polar surface area (TPSA) is 101 Å². The second-order valence-electron chi connectivity index (χ2n) is 4.72. The summed E-state index contributed by atoms with van der Waals surface area (Å²) in [4.78, 5) is 41.2. The van der Waals surface area contributed by atoms with Crippen LogP contribution in [0, 0.1) is 0 Å². The quantitative estimate of drug-likeness (QED) is 0.688. The Kier molecular flexibility index (Phi) is 6.46. The number of hydrogen-bond donors (Lipinski definition) is 2. The zero-order valence-electron chi connectivity index (χ0n) is 13.1. The molecule has 2 amide bonds. The molecule has 0 aromatic carbocycles. The molecular weight excluding hydrogens is 288 g/mol. The molecule has 0 spiro atoms. The van der Waals surface area contributed by atoms with Crippen molar-refractivity contribution in [1.82, 2.24) is 20.5 Å². The SMILES string of the molecule is CNC(=O)c1cc(C(=O)OCCN(C)C)cc(C(=O)NC)n1. The van der Waals surface area contributed by atoms with Crippen molar-refractivity contribution in [1.29, 1.82) is 0 Å². The fourth-order valence-corrected chi connectivity index (χ4v) is 1.54. The second-order valence-corrected chi connectivity index (χ2v) is 4.72. The number of nitrogens with zero attached hydrogens (tertiary/aromatic N) is 2. The Morgan fingerprint density at radius 1 is 1.09 bits per heavy atom. The van der Waals surface area contributed by atoms with E-state index in [1.807, 2.05) is 19.0 Å². The monoisotopic (exact) mass is 308 g/mol. The number of rotatable bonds is 6. The third kappa shape index (κ3) is 4.81. The van der Waals surface area contributed by atoms with Gasteiger partial charge in [0.1, 0.15) is 18.0 Å². The zero-order valence-corrected chi connectivity index (χ0v) is 13.1. The Morgan fingerprint density at radius 2 is 1.59 bits per heavy atom. The van der Waals surface area contributed by atoms with E-state index in [2.05, 4.69) is 15.6 Å². The van der Waals surface area contributed by atoms with Crippen molar-refractivity contribution in [2.75, 3.05) is 41.3 Å². The number of amides is 2. The molecule has 0 aliphatic heterocycles. The summed E-state index contributed by atoms with van der Waals surface area (Å²) in [5, 5.41) is 4.80. The maximum Gasteiger partial charge on any atom is 0.338 e. The van der Waals surface area contributed by atoms with E-state index in [0.717, 1.165) is 0 Å². The molecule has 0 bridgehead atoms. The lowest BCUT2D eigenvalue weighted by Crippen LogP contribution is -2.25. The maximum atomic E-state index is 12.0. The number of nitrogens with one attached hydrogen (secondary N) is 2. The van der Waals surface area contributed by atoms with Gasteiger partial charge in [0.2, 0.25) is 0 Å². The molecule has 0 saturated carbocycles. The highest BCUT2D eigenvalue weighted by Gasteiger charge is 2.17. The van der Waals surface area contributed by atoms with Gasteiger partial charge in [-0.1, -0.05) is 0 Å². The average Bonchev–Trinajstić information content (AvgIpc) is 2.52. The average molecular weight is 308 g/mol. The summed E-state index contributed by atoms with van der Waals surface area (Å²) >= 11 is 0. The van der Waals surface area contributed by atoms with Crippen molar-refractivity contribution < 1.29 is 19.1 Å². The number of hydrogen-bond acceptors (Lipinski definition) is 6. The molecule has 22 heavy (non-hydrogen) atoms. The minimum absolute atomic E-state index is 0.0249. The molecule has 0 aliphatic rings. The standard InChI is InChI=1S/C14H20N4O4/c1-15-12(19)10-7-9(8-11(17-10)13(20)16-2)14(21)22-6-5-18(3)4/h7-8H,5-6H2,1-4H3,(H,15,19)(H,16,20). The van der Waals surface area contributed by atoms with Gasteiger partial charge in [0.05, 0.1) is 5.56 Å². The van der Waals surface area contributed by atoms with Crippen LogP contribution in [0.3, 0.4) is 0 Å². The summed E-state index contributed by atoms with van der Waals surface area (Å²) < 4.78 is 5.10. The molecule has 0 saturated heterocycles. The summed E-state index contributed by atoms with van der Waals surface area (Å²) in [5.74, 6) is -1.60. The van der Waals surface area contributed by atoms with Crippen molar-refractivity contribution in [3.63, 3.8) is 0 Å². The Morgan fingerprint density at radius 3 is 2.00 bits per heavy atom. The highest BCUT2D eigenvalue weighted by molar-refractivity contribution is 6.00. The van der Waals surface area contributed by atoms with Crippen LogP contribution >= 0.6 is 0 Å². The minimum atomic E-state index is -0.612. The van der Waals surface area contributed by atoms with E-state index < -0.39 is 17.8 Å². The minimum Gasteiger partial charge on any atom is -0.461 e. The second kappa shape index (κ2) is 8.08. The first-order chi connectivity index (χ1) is 10.4. The fraction of sp³-hybridized carbons (Fsp3) is 0.429. The molecule has 1 rings (SSSR count). The van der Waals surface area contributed by atoms with Gasteiger partial charge >= 0.3 is 5.97 Å². The van der Waals surface area contributed by atoms with Gasteiger partial charge < -0.3 is 20.3 Å². The normalized spacial score (nSPS) is 10.2. The lowest BCUT2D eigenvalue weighted by Gasteiger charge is -2.11. The maximum absolute atomic E-state index is 12.0. The van der Waals surface area contributed by atoms with Crippen LogP contribution in [-0.2, 0) is 4.74 Å². The molecule has 0 unspecified atom stereocenters. The smallest absolute Gasteiger partial charge is 0.338 e. The van der Waals surface area contributed by atoms with Crippen LogP contribution in [0.2, 0.25) is 0 Å². The van der Waals surface area contributed by atoms with Crippen molar-refractivity contribution in [2.45, 2.75) is 0 Å². The molecule has 0 radical (unpaired) electrons. The van der Waals surface area contributed by atoms with Crippen LogP contribution in [-0.4, -0.2) is 69.0 Å². The third-order valence-corrected chi connectivity index (χ3v) is 2.75. The van der Waals surface area contributed by atoms with Gasteiger partial charge in [-0.05, 0) is 26.2 Å². The highest BCUT2D eigenvalue weighted by atomic mass is 16.5. The lowest BCUT2D eigenvalue weighted by molar-refractivity contribution is 0.0481. The fourth-order valence-electron chi connectivity index (χ4n) is 1.54. The van der Waals surface area contributed by atoms with Gasteiger partial charge in [-0.25, -0.2) is 9.78 Å². The van der Waals surface area contributed by atoms with E-state index in [0.29, 0.717) is 6.54 Å². The molecule has 8 heteroatoms. The molecule has 1 aromatic heterocycles. The zero-order chi connectivity index (χ0) is 16.7. The van der Waals surface area contributed by atoms with E-state index in [9.17, 15) is 14.4 Å². The largest absolute Gasteiger partial charge is 0.461 e. The highest BCUT2D eigenvalue weighted by Crippen LogP contribution is 2.09. The van der Waals surface area contributed by atoms with Crippen LogP contribution in [0.1, 0.15) is 31.3 Å². The molecule has 1 heterocycles. The van der Waals surface area contributed by atoms with Crippen molar-refractivity contribution in [3.8, 4) is 0 Å². The van der Waals surface area contributed by atoms with E-state index in [1.54, 1.807) is 0 Å². The number of carbonyl (C=O) groups is 3. The van der Waals surface area contributed by atoms with Gasteiger partial charge in [-0.15, -0.1) is 0 Å². The predicted octanol–water partition coefficient (Wildman–Crippen LogP) is -0.481. The van der Waals surface area contributed by atoms with Gasteiger partial charge in [-0.3, -0.25) is 9.59 Å². The van der Waals surface area contributed by atoms with E-state index >= 15 is 0 Å². The van der Waals surface area contributed by atoms with Gasteiger partial charge in [0, 0.05) is 20.6 Å². The first kappa shape index (κ1) is 17.6. The molecule has 2 N–H and O–H groups in total. The first-order valence-electron chi connectivity index (χ1n) is 6.67. The van der Waals surface area contributed by atoms with E-state index in [4.69, 9.17) is 4.74 Å². The van der Waals surface area contributed by atoms with E-state index in [1.165, 1.54) is 26.2 Å². The van der Waals surface area contributed by atoms with Gasteiger partial charge in [0.25, 0.3) is 11.8 Å².